The summed E-state index contributed by atoms with van der Waals surface area (Å²) in [6.07, 6.45) is 4.96. The van der Waals surface area contributed by atoms with Crippen LogP contribution < -0.4 is 4.74 Å². The minimum Gasteiger partial charge on any atom is -0.467 e. The van der Waals surface area contributed by atoms with Crippen LogP contribution in [0.1, 0.15) is 24.6 Å². The third kappa shape index (κ3) is 3.77. The Hall–Kier alpha value is -1.16. The zero-order chi connectivity index (χ0) is 12.0. The lowest BCUT2D eigenvalue weighted by atomic mass is 10.1. The van der Waals surface area contributed by atoms with E-state index in [2.05, 4.69) is 35.9 Å². The van der Waals surface area contributed by atoms with Gasteiger partial charge in [-0.1, -0.05) is 13.3 Å². The van der Waals surface area contributed by atoms with Crippen molar-refractivity contribution in [1.29, 1.82) is 0 Å². The standard InChI is InChI=1S/C12H21N3O/c1-5-6-11-10(7-8-15(2)3)9-13-12(14-11)16-4/h9H,5-8H2,1-4H3. The van der Waals surface area contributed by atoms with Gasteiger partial charge < -0.3 is 9.64 Å². The molecule has 0 aliphatic carbocycles. The maximum Gasteiger partial charge on any atom is 0.316 e. The van der Waals surface area contributed by atoms with Gasteiger partial charge in [0, 0.05) is 12.7 Å². The van der Waals surface area contributed by atoms with Crippen LogP contribution in [0.4, 0.5) is 0 Å². The lowest BCUT2D eigenvalue weighted by molar-refractivity contribution is 0.375. The highest BCUT2D eigenvalue weighted by Gasteiger charge is 2.07. The van der Waals surface area contributed by atoms with E-state index in [0.717, 1.165) is 31.5 Å². The summed E-state index contributed by atoms with van der Waals surface area (Å²) >= 11 is 0. The molecule has 0 atom stereocenters. The van der Waals surface area contributed by atoms with Gasteiger partial charge in [-0.25, -0.2) is 4.98 Å². The molecule has 16 heavy (non-hydrogen) atoms. The van der Waals surface area contributed by atoms with Crippen molar-refractivity contribution < 1.29 is 4.74 Å². The van der Waals surface area contributed by atoms with Gasteiger partial charge in [0.2, 0.25) is 0 Å². The third-order valence-electron chi connectivity index (χ3n) is 2.43. The van der Waals surface area contributed by atoms with Gasteiger partial charge in [0.25, 0.3) is 0 Å². The molecule has 0 bridgehead atoms. The Labute approximate surface area is 97.7 Å². The molecule has 1 heterocycles. The van der Waals surface area contributed by atoms with Crippen molar-refractivity contribution in [2.24, 2.45) is 0 Å². The van der Waals surface area contributed by atoms with E-state index in [-0.39, 0.29) is 0 Å². The summed E-state index contributed by atoms with van der Waals surface area (Å²) in [5.41, 5.74) is 2.35. The molecular weight excluding hydrogens is 202 g/mol. The fourth-order valence-electron chi connectivity index (χ4n) is 1.53. The molecule has 0 aliphatic rings. The Balaban J connectivity index is 2.80. The van der Waals surface area contributed by atoms with Crippen LogP contribution in [0, 0.1) is 0 Å². The monoisotopic (exact) mass is 223 g/mol. The molecule has 0 saturated heterocycles. The molecule has 0 aliphatic heterocycles. The summed E-state index contributed by atoms with van der Waals surface area (Å²) in [7, 11) is 5.75. The summed E-state index contributed by atoms with van der Waals surface area (Å²) in [5.74, 6) is 0. The molecule has 0 amide bonds. The molecule has 1 aromatic rings. The number of aryl methyl sites for hydroxylation is 1. The highest BCUT2D eigenvalue weighted by molar-refractivity contribution is 5.20. The highest BCUT2D eigenvalue weighted by Crippen LogP contribution is 2.12. The van der Waals surface area contributed by atoms with E-state index in [1.54, 1.807) is 7.11 Å². The second-order valence-electron chi connectivity index (χ2n) is 4.13. The van der Waals surface area contributed by atoms with E-state index in [1.165, 1.54) is 5.56 Å². The molecule has 0 aromatic carbocycles. The molecule has 0 spiro atoms. The second kappa shape index (κ2) is 6.43. The van der Waals surface area contributed by atoms with Crippen molar-refractivity contribution in [3.63, 3.8) is 0 Å². The van der Waals surface area contributed by atoms with Gasteiger partial charge in [0.05, 0.1) is 12.8 Å². The molecule has 0 radical (unpaired) electrons. The van der Waals surface area contributed by atoms with Crippen LogP contribution in [-0.2, 0) is 12.8 Å². The first-order valence-electron chi connectivity index (χ1n) is 5.70. The predicted octanol–water partition coefficient (Wildman–Crippen LogP) is 1.54. The van der Waals surface area contributed by atoms with Crippen LogP contribution in [0.2, 0.25) is 0 Å². The zero-order valence-electron chi connectivity index (χ0n) is 10.7. The van der Waals surface area contributed by atoms with Crippen LogP contribution in [0.3, 0.4) is 0 Å². The van der Waals surface area contributed by atoms with Crippen molar-refractivity contribution in [2.45, 2.75) is 26.2 Å². The van der Waals surface area contributed by atoms with Crippen LogP contribution in [0.5, 0.6) is 6.01 Å². The van der Waals surface area contributed by atoms with Gasteiger partial charge in [-0.05, 0) is 32.5 Å². The van der Waals surface area contributed by atoms with E-state index in [1.807, 2.05) is 6.20 Å². The Kier molecular flexibility index (Phi) is 5.19. The molecule has 1 rings (SSSR count). The number of hydrogen-bond acceptors (Lipinski definition) is 4. The topological polar surface area (TPSA) is 38.3 Å². The number of methoxy groups -OCH3 is 1. The summed E-state index contributed by atoms with van der Waals surface area (Å²) in [6.45, 7) is 3.18. The fourth-order valence-corrected chi connectivity index (χ4v) is 1.53. The molecule has 4 heteroatoms. The number of likely N-dealkylation sites (N-methyl/N-ethyl adjacent to an activating group) is 1. The smallest absolute Gasteiger partial charge is 0.316 e. The fraction of sp³-hybridized carbons (Fsp3) is 0.667. The predicted molar refractivity (Wildman–Crippen MR) is 64.8 cm³/mol. The van der Waals surface area contributed by atoms with Crippen LogP contribution in [0.15, 0.2) is 6.20 Å². The Bertz CT molecular complexity index is 326. The average Bonchev–Trinajstić information content (AvgIpc) is 2.27. The van der Waals surface area contributed by atoms with Crippen molar-refractivity contribution in [3.8, 4) is 6.01 Å². The molecular formula is C12H21N3O. The lowest BCUT2D eigenvalue weighted by Crippen LogP contribution is -2.16. The molecule has 1 aromatic heterocycles. The summed E-state index contributed by atoms with van der Waals surface area (Å²) in [6, 6.07) is 0.469. The van der Waals surface area contributed by atoms with Crippen molar-refractivity contribution in [1.82, 2.24) is 14.9 Å². The van der Waals surface area contributed by atoms with Crippen LogP contribution >= 0.6 is 0 Å². The van der Waals surface area contributed by atoms with Crippen LogP contribution in [0.25, 0.3) is 0 Å². The minimum absolute atomic E-state index is 0.469. The van der Waals surface area contributed by atoms with Gasteiger partial charge in [-0.15, -0.1) is 0 Å². The average molecular weight is 223 g/mol. The van der Waals surface area contributed by atoms with Crippen molar-refractivity contribution in [3.05, 3.63) is 17.5 Å². The van der Waals surface area contributed by atoms with Gasteiger partial charge >= 0.3 is 6.01 Å². The molecule has 0 fully saturated rings. The molecule has 0 saturated carbocycles. The van der Waals surface area contributed by atoms with E-state index in [9.17, 15) is 0 Å². The van der Waals surface area contributed by atoms with Gasteiger partial charge in [-0.2, -0.15) is 4.98 Å². The van der Waals surface area contributed by atoms with E-state index >= 15 is 0 Å². The van der Waals surface area contributed by atoms with Gasteiger partial charge in [0.15, 0.2) is 0 Å². The third-order valence-corrected chi connectivity index (χ3v) is 2.43. The highest BCUT2D eigenvalue weighted by atomic mass is 16.5. The minimum atomic E-state index is 0.469. The number of hydrogen-bond donors (Lipinski definition) is 0. The Morgan fingerprint density at radius 1 is 1.31 bits per heavy atom. The van der Waals surface area contributed by atoms with E-state index < -0.39 is 0 Å². The summed E-state index contributed by atoms with van der Waals surface area (Å²) in [4.78, 5) is 10.7. The number of aromatic nitrogens is 2. The molecule has 0 unspecified atom stereocenters. The second-order valence-corrected chi connectivity index (χ2v) is 4.13. The van der Waals surface area contributed by atoms with Crippen LogP contribution in [-0.4, -0.2) is 42.6 Å². The Morgan fingerprint density at radius 2 is 2.06 bits per heavy atom. The quantitative estimate of drug-likeness (QED) is 0.733. The molecule has 4 nitrogen and oxygen atoms in total. The number of nitrogens with zero attached hydrogens (tertiary/aromatic N) is 3. The lowest BCUT2D eigenvalue weighted by Gasteiger charge is -2.12. The normalized spacial score (nSPS) is 10.8. The maximum atomic E-state index is 5.05. The van der Waals surface area contributed by atoms with E-state index in [0.29, 0.717) is 6.01 Å². The first-order chi connectivity index (χ1) is 7.67. The molecule has 0 N–H and O–H groups in total. The first kappa shape index (κ1) is 12.9. The number of rotatable bonds is 6. The van der Waals surface area contributed by atoms with Crippen molar-refractivity contribution >= 4 is 0 Å². The van der Waals surface area contributed by atoms with E-state index in [4.69, 9.17) is 4.74 Å². The first-order valence-corrected chi connectivity index (χ1v) is 5.70. The summed E-state index contributed by atoms with van der Waals surface area (Å²) < 4.78 is 5.05. The maximum absolute atomic E-state index is 5.05. The van der Waals surface area contributed by atoms with Gasteiger partial charge in [-0.3, -0.25) is 0 Å². The number of ether oxygens (including phenoxy) is 1. The summed E-state index contributed by atoms with van der Waals surface area (Å²) in [5, 5.41) is 0. The molecule has 90 valence electrons. The van der Waals surface area contributed by atoms with Gasteiger partial charge in [0.1, 0.15) is 0 Å². The zero-order valence-corrected chi connectivity index (χ0v) is 10.7. The Morgan fingerprint density at radius 3 is 2.62 bits per heavy atom. The largest absolute Gasteiger partial charge is 0.467 e. The van der Waals surface area contributed by atoms with Crippen molar-refractivity contribution in [2.75, 3.05) is 27.7 Å². The SMILES string of the molecule is CCCc1nc(OC)ncc1CCN(C)C.